The van der Waals surface area contributed by atoms with E-state index in [1.54, 1.807) is 28.8 Å². The highest BCUT2D eigenvalue weighted by molar-refractivity contribution is 5.90. The van der Waals surface area contributed by atoms with Crippen molar-refractivity contribution >= 4 is 80.3 Å². The number of anilines is 3. The van der Waals surface area contributed by atoms with Crippen LogP contribution >= 0.6 is 0 Å². The lowest BCUT2D eigenvalue weighted by molar-refractivity contribution is -0.170. The van der Waals surface area contributed by atoms with Gasteiger partial charge >= 0.3 is 17.9 Å². The fourth-order valence-corrected chi connectivity index (χ4v) is 10.0. The number of rotatable bonds is 13. The van der Waals surface area contributed by atoms with Gasteiger partial charge in [-0.3, -0.25) is 19.2 Å². The van der Waals surface area contributed by atoms with Crippen LogP contribution in [-0.2, 0) is 24.0 Å². The summed E-state index contributed by atoms with van der Waals surface area (Å²) in [5, 5.41) is 57.8. The Hall–Kier alpha value is -8.49. The summed E-state index contributed by atoms with van der Waals surface area (Å²) in [5.41, 5.74) is -0.216. The zero-order valence-corrected chi connectivity index (χ0v) is 44.0. The van der Waals surface area contributed by atoms with Gasteiger partial charge in [0, 0.05) is 78.5 Å². The Morgan fingerprint density at radius 1 is 0.610 bits per heavy atom. The van der Waals surface area contributed by atoms with E-state index in [0.29, 0.717) is 36.9 Å². The van der Waals surface area contributed by atoms with E-state index in [2.05, 4.69) is 92.7 Å². The van der Waals surface area contributed by atoms with Crippen molar-refractivity contribution in [3.63, 3.8) is 0 Å². The number of carboxylic acids is 3. The van der Waals surface area contributed by atoms with Crippen LogP contribution in [0.5, 0.6) is 0 Å². The molecule has 2 amide bonds. The number of hydrogen-bond donors (Lipinski definition) is 8. The molecule has 0 unspecified atom stereocenters. The molecule has 0 aromatic carbocycles. The summed E-state index contributed by atoms with van der Waals surface area (Å²) < 4.78 is 0. The molecule has 6 atom stereocenters. The predicted molar refractivity (Wildman–Crippen MR) is 283 cm³/mol. The first-order chi connectivity index (χ1) is 36.8. The van der Waals surface area contributed by atoms with Gasteiger partial charge in [-0.15, -0.1) is 0 Å². The Morgan fingerprint density at radius 3 is 1.31 bits per heavy atom. The number of carboxylic acid groups (broad SMARTS) is 3. The normalized spacial score (nSPS) is 20.2. The van der Waals surface area contributed by atoms with Crippen molar-refractivity contribution in [3.05, 3.63) is 55.8 Å². The highest BCUT2D eigenvalue weighted by atomic mass is 16.4. The molecule has 9 rings (SSSR count). The fourth-order valence-electron chi connectivity index (χ4n) is 10.0. The van der Waals surface area contributed by atoms with Crippen molar-refractivity contribution in [1.82, 2.24) is 60.0 Å². The number of likely N-dealkylation sites (tertiary alicyclic amines) is 2. The van der Waals surface area contributed by atoms with Crippen LogP contribution in [0, 0.1) is 40.4 Å². The second-order valence-electron chi connectivity index (χ2n) is 19.7. The van der Waals surface area contributed by atoms with Gasteiger partial charge in [0.15, 0.2) is 5.60 Å². The number of nitrogens with one attached hydrogen (secondary N) is 4. The summed E-state index contributed by atoms with van der Waals surface area (Å²) in [6.45, 7) is 11.5. The monoisotopic (exact) mass is 1060 g/mol. The molecule has 0 radical (unpaired) electrons. The van der Waals surface area contributed by atoms with Gasteiger partial charge in [0.2, 0.25) is 11.8 Å². The number of piperidine rings is 3. The minimum absolute atomic E-state index is 0.0552. The highest BCUT2D eigenvalue weighted by Gasteiger charge is 2.41. The molecule has 410 valence electrons. The van der Waals surface area contributed by atoms with E-state index in [-0.39, 0.29) is 36.7 Å². The molecule has 0 saturated carbocycles. The average Bonchev–Trinajstić information content (AvgIpc) is 4.21. The smallest absolute Gasteiger partial charge is 0.336 e. The molecule has 3 saturated heterocycles. The van der Waals surface area contributed by atoms with Crippen LogP contribution in [0.15, 0.2) is 55.8 Å². The van der Waals surface area contributed by atoms with E-state index in [4.69, 9.17) is 30.9 Å². The molecule has 9 heterocycles. The van der Waals surface area contributed by atoms with Crippen LogP contribution in [0.2, 0.25) is 0 Å². The number of likely N-dealkylation sites (N-methyl/N-ethyl adjacent to an activating group) is 3. The van der Waals surface area contributed by atoms with Crippen LogP contribution in [0.3, 0.4) is 0 Å². The molecule has 6 aromatic rings. The molecule has 0 aliphatic carbocycles. The fraction of sp³-hybridized carbons (Fsp3) is 0.510. The van der Waals surface area contributed by atoms with Gasteiger partial charge in [-0.25, -0.2) is 34.7 Å². The van der Waals surface area contributed by atoms with Crippen molar-refractivity contribution in [2.45, 2.75) is 89.4 Å². The number of nitriles is 2. The number of aliphatic carboxylic acids is 3. The van der Waals surface area contributed by atoms with Gasteiger partial charge in [0.1, 0.15) is 66.2 Å². The number of aromatic nitrogens is 9. The Morgan fingerprint density at radius 2 is 0.974 bits per heavy atom. The van der Waals surface area contributed by atoms with Crippen molar-refractivity contribution in [1.29, 1.82) is 10.5 Å². The second-order valence-corrected chi connectivity index (χ2v) is 19.7. The number of nitrogens with zero attached hydrogens (tertiary/aromatic N) is 13. The van der Waals surface area contributed by atoms with E-state index in [1.807, 2.05) is 63.0 Å². The Balaban J connectivity index is 0.000000170. The quantitative estimate of drug-likeness (QED) is 0.0823. The van der Waals surface area contributed by atoms with E-state index < -0.39 is 36.4 Å². The van der Waals surface area contributed by atoms with Crippen LogP contribution in [0.1, 0.15) is 65.7 Å². The van der Waals surface area contributed by atoms with Gasteiger partial charge in [-0.1, -0.05) is 20.8 Å². The standard InChI is InChI=1S/2C16H20N6O.C13H19N5.C6H8O7/c2*1-11-5-8-22(14(23)3-6-17)9-13(11)21(2)16-12-4-7-18-15(12)19-10-20-16;1-9-3-5-14-7-11(9)18(2)13-10-4-6-15-12(10)16-8-17-13;7-3(8)1-6(13,5(11)12)2-4(9)10/h2*4,7,10-11,13H,3,5,8-9H2,1-2H3,(H,18,19,20);4,6,8-9,11,14H,3,5,7H2,1-2H3,(H,15,16,17);13H,1-2H2,(H,7,8)(H,9,10)(H,11,12)/t2*11-,13+;9-,11+;/m111./s1. The molecule has 0 bridgehead atoms. The van der Waals surface area contributed by atoms with Gasteiger partial charge in [0.25, 0.3) is 0 Å². The molecular weight excluding hydrogens is 995 g/mol. The first-order valence-electron chi connectivity index (χ1n) is 25.2. The van der Waals surface area contributed by atoms with Crippen molar-refractivity contribution in [2.75, 3.05) is 75.1 Å². The predicted octanol–water partition coefficient (Wildman–Crippen LogP) is 3.23. The van der Waals surface area contributed by atoms with Crippen LogP contribution in [0.4, 0.5) is 17.5 Å². The minimum atomic E-state index is -2.74. The van der Waals surface area contributed by atoms with E-state index >= 15 is 0 Å². The SMILES string of the molecule is C[C@@H]1CCN(C(=O)CC#N)C[C@@H]1N(C)c1ncnc2[nH]ccc12.C[C@@H]1CCN(C(=O)CC#N)C[C@@H]1N(C)c1ncnc2[nH]ccc12.C[C@@H]1CCNC[C@@H]1N(C)c1ncnc2[nH]ccc12.O=C(O)CC(O)(CC(=O)O)C(=O)O. The van der Waals surface area contributed by atoms with Crippen molar-refractivity contribution in [3.8, 4) is 12.1 Å². The van der Waals surface area contributed by atoms with Crippen LogP contribution in [0.25, 0.3) is 33.1 Å². The maximum Gasteiger partial charge on any atom is 0.336 e. The van der Waals surface area contributed by atoms with Crippen LogP contribution < -0.4 is 20.0 Å². The van der Waals surface area contributed by atoms with E-state index in [9.17, 15) is 24.0 Å². The molecule has 26 nitrogen and oxygen atoms in total. The molecule has 3 aliphatic rings. The molecule has 26 heteroatoms. The van der Waals surface area contributed by atoms with Crippen molar-refractivity contribution < 1.29 is 44.4 Å². The number of aromatic amines is 3. The number of aliphatic hydroxyl groups is 1. The van der Waals surface area contributed by atoms with Gasteiger partial charge < -0.3 is 65.2 Å². The Kier molecular flexibility index (Phi) is 19.8. The number of hydrogen-bond acceptors (Lipinski definition) is 18. The van der Waals surface area contributed by atoms with Crippen LogP contribution in [-0.4, -0.2) is 189 Å². The average molecular weight is 1060 g/mol. The third-order valence-corrected chi connectivity index (χ3v) is 14.6. The largest absolute Gasteiger partial charge is 0.481 e. The molecule has 8 N–H and O–H groups in total. The van der Waals surface area contributed by atoms with Crippen molar-refractivity contribution in [2.24, 2.45) is 17.8 Å². The van der Waals surface area contributed by atoms with E-state index in [0.717, 1.165) is 89.6 Å². The Labute approximate surface area is 444 Å². The first kappa shape index (κ1) is 57.8. The molecule has 6 aromatic heterocycles. The first-order valence-corrected chi connectivity index (χ1v) is 25.2. The highest BCUT2D eigenvalue weighted by Crippen LogP contribution is 2.31. The van der Waals surface area contributed by atoms with Gasteiger partial charge in [-0.05, 0) is 61.8 Å². The maximum atomic E-state index is 12.0. The number of H-pyrrole nitrogens is 3. The number of amides is 2. The van der Waals surface area contributed by atoms with Gasteiger partial charge in [0.05, 0.1) is 53.2 Å². The summed E-state index contributed by atoms with van der Waals surface area (Å²) in [7, 11) is 6.14. The lowest BCUT2D eigenvalue weighted by Gasteiger charge is -2.42. The lowest BCUT2D eigenvalue weighted by atomic mass is 9.92. The third-order valence-electron chi connectivity index (χ3n) is 14.6. The molecule has 77 heavy (non-hydrogen) atoms. The summed E-state index contributed by atoms with van der Waals surface area (Å²) in [5.74, 6) is -0.897. The summed E-state index contributed by atoms with van der Waals surface area (Å²) in [4.78, 5) is 100. The summed E-state index contributed by atoms with van der Waals surface area (Å²) in [6.07, 6.45) is 11.0. The lowest BCUT2D eigenvalue weighted by Crippen LogP contribution is -2.52. The third kappa shape index (κ3) is 14.3. The minimum Gasteiger partial charge on any atom is -0.481 e. The summed E-state index contributed by atoms with van der Waals surface area (Å²) in [6, 6.07) is 10.7. The molecular formula is C51H67N17O9. The van der Waals surface area contributed by atoms with Gasteiger partial charge in [-0.2, -0.15) is 10.5 Å². The molecule has 3 aliphatic heterocycles. The summed E-state index contributed by atoms with van der Waals surface area (Å²) >= 11 is 0. The van der Waals surface area contributed by atoms with E-state index in [1.165, 1.54) is 6.42 Å². The molecule has 0 spiro atoms. The Bertz CT molecular complexity index is 2930. The molecule has 3 fully saturated rings. The number of carbonyl (C=O) groups is 5. The number of fused-ring (bicyclic) bond motifs is 3. The topological polar surface area (TPSA) is 367 Å². The number of carbonyl (C=O) groups excluding carboxylic acids is 2. The second kappa shape index (κ2) is 26.3. The zero-order chi connectivity index (χ0) is 56.0. The zero-order valence-electron chi connectivity index (χ0n) is 44.0. The maximum absolute atomic E-state index is 12.0.